The molecule has 0 aromatic rings. The van der Waals surface area contributed by atoms with Crippen molar-refractivity contribution in [1.29, 1.82) is 0 Å². The number of hydrogen-bond donors (Lipinski definition) is 3. The van der Waals surface area contributed by atoms with Gasteiger partial charge in [-0.1, -0.05) is 6.42 Å². The van der Waals surface area contributed by atoms with E-state index in [1.807, 2.05) is 6.92 Å². The third kappa shape index (κ3) is 2.95. The first kappa shape index (κ1) is 13.0. The van der Waals surface area contributed by atoms with E-state index in [0.29, 0.717) is 13.0 Å². The van der Waals surface area contributed by atoms with Crippen molar-refractivity contribution in [3.05, 3.63) is 0 Å². The van der Waals surface area contributed by atoms with Gasteiger partial charge in [-0.2, -0.15) is 0 Å². The maximum Gasteiger partial charge on any atom is 0.303 e. The van der Waals surface area contributed by atoms with Gasteiger partial charge >= 0.3 is 5.97 Å². The Hall–Kier alpha value is -1.10. The summed E-state index contributed by atoms with van der Waals surface area (Å²) >= 11 is 0. The van der Waals surface area contributed by atoms with E-state index in [9.17, 15) is 9.59 Å². The first-order chi connectivity index (χ1) is 7.47. The fraction of sp³-hybridized carbons (Fsp3) is 0.818. The molecule has 16 heavy (non-hydrogen) atoms. The van der Waals surface area contributed by atoms with Crippen molar-refractivity contribution in [2.45, 2.75) is 45.1 Å². The number of carbonyl (C=O) groups excluding carboxylic acids is 1. The zero-order chi connectivity index (χ0) is 12.2. The molecular weight excluding hydrogens is 208 g/mol. The Bertz CT molecular complexity index is 280. The maximum atomic E-state index is 11.9. The van der Waals surface area contributed by atoms with Gasteiger partial charge in [-0.15, -0.1) is 0 Å². The highest BCUT2D eigenvalue weighted by Crippen LogP contribution is 2.36. The van der Waals surface area contributed by atoms with Crippen LogP contribution in [0.3, 0.4) is 0 Å². The number of rotatable bonds is 5. The molecule has 5 heteroatoms. The minimum absolute atomic E-state index is 0.0390. The summed E-state index contributed by atoms with van der Waals surface area (Å²) in [6, 6.07) is -0.0769. The van der Waals surface area contributed by atoms with E-state index in [4.69, 9.17) is 10.8 Å². The fourth-order valence-corrected chi connectivity index (χ4v) is 2.12. The topological polar surface area (TPSA) is 92.4 Å². The minimum atomic E-state index is -0.835. The van der Waals surface area contributed by atoms with Gasteiger partial charge in [0, 0.05) is 19.0 Å². The summed E-state index contributed by atoms with van der Waals surface area (Å²) < 4.78 is 0. The number of nitrogens with two attached hydrogens (primary N) is 1. The highest BCUT2D eigenvalue weighted by atomic mass is 16.4. The Kier molecular flexibility index (Phi) is 4.29. The monoisotopic (exact) mass is 228 g/mol. The molecule has 92 valence electrons. The van der Waals surface area contributed by atoms with Crippen molar-refractivity contribution in [3.8, 4) is 0 Å². The van der Waals surface area contributed by atoms with Gasteiger partial charge in [-0.25, -0.2) is 0 Å². The molecule has 0 aromatic carbocycles. The van der Waals surface area contributed by atoms with Crippen molar-refractivity contribution >= 4 is 11.9 Å². The number of aliphatic carboxylic acids is 1. The molecule has 0 bridgehead atoms. The maximum absolute atomic E-state index is 11.9. The number of carboxylic acids is 1. The van der Waals surface area contributed by atoms with Crippen molar-refractivity contribution < 1.29 is 14.7 Å². The first-order valence-corrected chi connectivity index (χ1v) is 5.72. The van der Waals surface area contributed by atoms with Gasteiger partial charge in [-0.05, 0) is 26.2 Å². The Morgan fingerprint density at radius 3 is 2.75 bits per heavy atom. The van der Waals surface area contributed by atoms with E-state index in [1.165, 1.54) is 0 Å². The lowest BCUT2D eigenvalue weighted by molar-refractivity contribution is -0.137. The van der Waals surface area contributed by atoms with Crippen LogP contribution in [0.25, 0.3) is 0 Å². The van der Waals surface area contributed by atoms with E-state index in [-0.39, 0.29) is 18.4 Å². The Morgan fingerprint density at radius 2 is 2.25 bits per heavy atom. The molecule has 5 nitrogen and oxygen atoms in total. The second kappa shape index (κ2) is 5.30. The largest absolute Gasteiger partial charge is 0.481 e. The van der Waals surface area contributed by atoms with Crippen molar-refractivity contribution in [3.63, 3.8) is 0 Å². The zero-order valence-electron chi connectivity index (χ0n) is 9.66. The second-order valence-electron chi connectivity index (χ2n) is 4.67. The number of carbonyl (C=O) groups is 2. The summed E-state index contributed by atoms with van der Waals surface area (Å²) in [5, 5.41) is 11.2. The summed E-state index contributed by atoms with van der Waals surface area (Å²) in [6.45, 7) is 2.30. The van der Waals surface area contributed by atoms with Crippen LogP contribution in [0, 0.1) is 5.41 Å². The Labute approximate surface area is 95.4 Å². The van der Waals surface area contributed by atoms with Crippen LogP contribution in [-0.2, 0) is 9.59 Å². The predicted molar refractivity (Wildman–Crippen MR) is 59.8 cm³/mol. The number of carboxylic acid groups (broad SMARTS) is 1. The van der Waals surface area contributed by atoms with Crippen LogP contribution in [0.2, 0.25) is 0 Å². The summed E-state index contributed by atoms with van der Waals surface area (Å²) in [5.74, 6) is -0.874. The molecule has 1 rings (SSSR count). The van der Waals surface area contributed by atoms with Crippen LogP contribution >= 0.6 is 0 Å². The lowest BCUT2D eigenvalue weighted by Crippen LogP contribution is -2.47. The van der Waals surface area contributed by atoms with Crippen molar-refractivity contribution in [2.24, 2.45) is 11.1 Å². The van der Waals surface area contributed by atoms with Crippen LogP contribution in [-0.4, -0.2) is 29.6 Å². The molecule has 0 spiro atoms. The number of hydrogen-bond acceptors (Lipinski definition) is 3. The molecule has 4 N–H and O–H groups in total. The van der Waals surface area contributed by atoms with Gasteiger partial charge in [0.25, 0.3) is 0 Å². The highest BCUT2D eigenvalue weighted by Gasteiger charge is 2.42. The van der Waals surface area contributed by atoms with Crippen LogP contribution in [0.1, 0.15) is 39.0 Å². The molecule has 2 unspecified atom stereocenters. The van der Waals surface area contributed by atoms with E-state index in [2.05, 4.69) is 5.32 Å². The van der Waals surface area contributed by atoms with Crippen LogP contribution in [0.4, 0.5) is 0 Å². The Balaban J connectivity index is 2.32. The average molecular weight is 228 g/mol. The molecule has 0 heterocycles. The van der Waals surface area contributed by atoms with Crippen LogP contribution in [0.5, 0.6) is 0 Å². The normalized spacial score (nSPS) is 29.0. The highest BCUT2D eigenvalue weighted by molar-refractivity contribution is 5.83. The van der Waals surface area contributed by atoms with Crippen LogP contribution in [0.15, 0.2) is 0 Å². The van der Waals surface area contributed by atoms with E-state index >= 15 is 0 Å². The molecule has 0 aromatic heterocycles. The Morgan fingerprint density at radius 1 is 1.56 bits per heavy atom. The van der Waals surface area contributed by atoms with Gasteiger partial charge in [0.05, 0.1) is 5.41 Å². The van der Waals surface area contributed by atoms with Crippen molar-refractivity contribution in [2.75, 3.05) is 6.54 Å². The predicted octanol–water partition coefficient (Wildman–Crippen LogP) is 0.485. The van der Waals surface area contributed by atoms with Gasteiger partial charge < -0.3 is 16.2 Å². The standard InChI is InChI=1S/C11H20N2O3/c1-11(6-2-4-8(11)12)10(16)13-7-3-5-9(14)15/h8H,2-7,12H2,1H3,(H,13,16)(H,14,15). The molecule has 1 saturated carbocycles. The van der Waals surface area contributed by atoms with E-state index < -0.39 is 11.4 Å². The van der Waals surface area contributed by atoms with Gasteiger partial charge in [0.1, 0.15) is 0 Å². The molecule has 0 aliphatic heterocycles. The van der Waals surface area contributed by atoms with Gasteiger partial charge in [-0.3, -0.25) is 9.59 Å². The quantitative estimate of drug-likeness (QED) is 0.597. The molecule has 1 aliphatic carbocycles. The van der Waals surface area contributed by atoms with Gasteiger partial charge in [0.2, 0.25) is 5.91 Å². The first-order valence-electron chi connectivity index (χ1n) is 5.72. The summed E-state index contributed by atoms with van der Waals surface area (Å²) in [6.07, 6.45) is 3.24. The molecule has 0 saturated heterocycles. The SMILES string of the molecule is CC1(C(=O)NCCCC(=O)O)CCCC1N. The van der Waals surface area contributed by atoms with Crippen LogP contribution < -0.4 is 11.1 Å². The number of nitrogens with one attached hydrogen (secondary N) is 1. The molecule has 1 fully saturated rings. The third-order valence-electron chi connectivity index (χ3n) is 3.40. The lowest BCUT2D eigenvalue weighted by atomic mass is 9.84. The second-order valence-corrected chi connectivity index (χ2v) is 4.67. The summed E-state index contributed by atoms with van der Waals surface area (Å²) in [4.78, 5) is 22.2. The molecule has 0 radical (unpaired) electrons. The molecule has 1 amide bonds. The third-order valence-corrected chi connectivity index (χ3v) is 3.40. The molecular formula is C11H20N2O3. The molecule has 2 atom stereocenters. The fourth-order valence-electron chi connectivity index (χ4n) is 2.12. The minimum Gasteiger partial charge on any atom is -0.481 e. The smallest absolute Gasteiger partial charge is 0.303 e. The summed E-state index contributed by atoms with van der Waals surface area (Å²) in [7, 11) is 0. The average Bonchev–Trinajstić information content (AvgIpc) is 2.55. The molecule has 1 aliphatic rings. The summed E-state index contributed by atoms with van der Waals surface area (Å²) in [5.41, 5.74) is 5.44. The zero-order valence-corrected chi connectivity index (χ0v) is 9.66. The van der Waals surface area contributed by atoms with E-state index in [1.54, 1.807) is 0 Å². The van der Waals surface area contributed by atoms with Crippen molar-refractivity contribution in [1.82, 2.24) is 5.32 Å². The van der Waals surface area contributed by atoms with Gasteiger partial charge in [0.15, 0.2) is 0 Å². The lowest BCUT2D eigenvalue weighted by Gasteiger charge is -2.27. The number of amides is 1. The van der Waals surface area contributed by atoms with E-state index in [0.717, 1.165) is 19.3 Å².